The largest absolute Gasteiger partial charge is 0.490 e. The van der Waals surface area contributed by atoms with Gasteiger partial charge in [-0.2, -0.15) is 0 Å². The number of aliphatic hydroxyl groups excluding tert-OH is 1. The van der Waals surface area contributed by atoms with Gasteiger partial charge in [0.25, 0.3) is 0 Å². The highest BCUT2D eigenvalue weighted by Gasteiger charge is 2.08. The Morgan fingerprint density at radius 2 is 2.00 bits per heavy atom. The maximum absolute atomic E-state index is 11.2. The van der Waals surface area contributed by atoms with Crippen LogP contribution in [0.25, 0.3) is 0 Å². The molecular formula is C16H26N2O3. The van der Waals surface area contributed by atoms with Gasteiger partial charge in [0.2, 0.25) is 5.91 Å². The fourth-order valence-corrected chi connectivity index (χ4v) is 2.02. The van der Waals surface area contributed by atoms with Crippen LogP contribution >= 0.6 is 0 Å². The van der Waals surface area contributed by atoms with E-state index in [1.54, 1.807) is 0 Å². The Morgan fingerprint density at radius 3 is 2.62 bits per heavy atom. The number of aliphatic hydroxyl groups is 1. The summed E-state index contributed by atoms with van der Waals surface area (Å²) in [6.07, 6.45) is -0.184. The van der Waals surface area contributed by atoms with E-state index in [0.717, 1.165) is 16.9 Å². The summed E-state index contributed by atoms with van der Waals surface area (Å²) < 4.78 is 5.68. The highest BCUT2D eigenvalue weighted by atomic mass is 16.5. The number of ether oxygens (including phenoxy) is 1. The summed E-state index contributed by atoms with van der Waals surface area (Å²) in [5.74, 6) is 0.852. The average molecular weight is 294 g/mol. The van der Waals surface area contributed by atoms with Crippen molar-refractivity contribution in [2.24, 2.45) is 0 Å². The third-order valence-electron chi connectivity index (χ3n) is 3.11. The molecule has 0 spiro atoms. The van der Waals surface area contributed by atoms with Gasteiger partial charge in [-0.3, -0.25) is 4.79 Å². The molecule has 0 saturated heterocycles. The van der Waals surface area contributed by atoms with E-state index in [4.69, 9.17) is 4.74 Å². The summed E-state index contributed by atoms with van der Waals surface area (Å²) in [5.41, 5.74) is 2.12. The molecule has 0 bridgehead atoms. The predicted molar refractivity (Wildman–Crippen MR) is 83.6 cm³/mol. The molecule has 0 aromatic heterocycles. The van der Waals surface area contributed by atoms with Crippen molar-refractivity contribution < 1.29 is 14.6 Å². The molecule has 5 nitrogen and oxygen atoms in total. The second kappa shape index (κ2) is 9.37. The Morgan fingerprint density at radius 1 is 1.33 bits per heavy atom. The van der Waals surface area contributed by atoms with E-state index < -0.39 is 6.10 Å². The van der Waals surface area contributed by atoms with E-state index >= 15 is 0 Å². The van der Waals surface area contributed by atoms with Gasteiger partial charge >= 0.3 is 0 Å². The number of aryl methyl sites for hydroxylation is 2. The molecule has 5 heteroatoms. The van der Waals surface area contributed by atoms with Crippen molar-refractivity contribution in [3.8, 4) is 5.75 Å². The molecule has 1 amide bonds. The van der Waals surface area contributed by atoms with Crippen molar-refractivity contribution in [1.82, 2.24) is 10.6 Å². The molecule has 3 N–H and O–H groups in total. The fourth-order valence-electron chi connectivity index (χ4n) is 2.02. The lowest BCUT2D eigenvalue weighted by molar-refractivity contribution is -0.120. The number of carbonyl (C=O) groups excluding carboxylic acids is 1. The molecule has 0 heterocycles. The Labute approximate surface area is 126 Å². The first-order valence-corrected chi connectivity index (χ1v) is 7.39. The molecular weight excluding hydrogens is 268 g/mol. The quantitative estimate of drug-likeness (QED) is 0.598. The first-order chi connectivity index (χ1) is 10.0. The number of para-hydroxylation sites is 1. The number of rotatable bonds is 9. The third kappa shape index (κ3) is 6.60. The van der Waals surface area contributed by atoms with Crippen molar-refractivity contribution in [2.45, 2.75) is 33.3 Å². The molecule has 0 aliphatic carbocycles. The summed E-state index contributed by atoms with van der Waals surface area (Å²) in [5, 5.41) is 15.6. The van der Waals surface area contributed by atoms with Crippen LogP contribution in [0.15, 0.2) is 18.2 Å². The third-order valence-corrected chi connectivity index (χ3v) is 3.11. The van der Waals surface area contributed by atoms with E-state index in [2.05, 4.69) is 10.6 Å². The van der Waals surface area contributed by atoms with E-state index in [0.29, 0.717) is 26.1 Å². The van der Waals surface area contributed by atoms with Gasteiger partial charge in [-0.25, -0.2) is 0 Å². The van der Waals surface area contributed by atoms with Crippen LogP contribution in [0, 0.1) is 13.8 Å². The zero-order valence-electron chi connectivity index (χ0n) is 13.1. The van der Waals surface area contributed by atoms with Crippen molar-refractivity contribution in [3.63, 3.8) is 0 Å². The molecule has 1 unspecified atom stereocenters. The van der Waals surface area contributed by atoms with Gasteiger partial charge in [0.05, 0.1) is 0 Å². The fraction of sp³-hybridized carbons (Fsp3) is 0.562. The summed E-state index contributed by atoms with van der Waals surface area (Å²) in [6, 6.07) is 5.95. The molecule has 0 radical (unpaired) electrons. The summed E-state index contributed by atoms with van der Waals surface area (Å²) in [4.78, 5) is 11.2. The zero-order chi connectivity index (χ0) is 15.7. The summed E-state index contributed by atoms with van der Waals surface area (Å²) >= 11 is 0. The number of hydrogen-bond donors (Lipinski definition) is 3. The van der Waals surface area contributed by atoms with Gasteiger partial charge in [0.1, 0.15) is 18.5 Å². The standard InChI is InChI=1S/C16H26N2O3/c1-4-18-15(20)8-9-17-10-14(19)11-21-16-12(2)6-5-7-13(16)3/h5-7,14,17,19H,4,8-11H2,1-3H3,(H,18,20). The molecule has 1 aromatic carbocycles. The lowest BCUT2D eigenvalue weighted by atomic mass is 10.1. The second-order valence-corrected chi connectivity index (χ2v) is 5.09. The highest BCUT2D eigenvalue weighted by Crippen LogP contribution is 2.22. The van der Waals surface area contributed by atoms with Gasteiger partial charge in [0.15, 0.2) is 0 Å². The van der Waals surface area contributed by atoms with Gasteiger partial charge in [-0.15, -0.1) is 0 Å². The maximum atomic E-state index is 11.2. The van der Waals surface area contributed by atoms with Crippen LogP contribution < -0.4 is 15.4 Å². The molecule has 1 atom stereocenters. The summed E-state index contributed by atoms with van der Waals surface area (Å²) in [6.45, 7) is 7.69. The summed E-state index contributed by atoms with van der Waals surface area (Å²) in [7, 11) is 0. The van der Waals surface area contributed by atoms with Crippen LogP contribution in [-0.4, -0.2) is 43.4 Å². The molecule has 1 aromatic rings. The maximum Gasteiger partial charge on any atom is 0.221 e. The minimum Gasteiger partial charge on any atom is -0.490 e. The number of amides is 1. The molecule has 0 fully saturated rings. The van der Waals surface area contributed by atoms with Gasteiger partial charge in [-0.05, 0) is 31.9 Å². The lowest BCUT2D eigenvalue weighted by Gasteiger charge is -2.16. The zero-order valence-corrected chi connectivity index (χ0v) is 13.1. The predicted octanol–water partition coefficient (Wildman–Crippen LogP) is 1.16. The highest BCUT2D eigenvalue weighted by molar-refractivity contribution is 5.75. The minimum atomic E-state index is -0.599. The molecule has 1 rings (SSSR count). The van der Waals surface area contributed by atoms with Crippen LogP contribution in [-0.2, 0) is 4.79 Å². The van der Waals surface area contributed by atoms with Gasteiger partial charge in [0, 0.05) is 26.1 Å². The lowest BCUT2D eigenvalue weighted by Crippen LogP contribution is -2.34. The normalized spacial score (nSPS) is 12.0. The second-order valence-electron chi connectivity index (χ2n) is 5.09. The molecule has 0 saturated carbocycles. The average Bonchev–Trinajstić information content (AvgIpc) is 2.43. The smallest absolute Gasteiger partial charge is 0.221 e. The Hall–Kier alpha value is -1.59. The number of benzene rings is 1. The monoisotopic (exact) mass is 294 g/mol. The van der Waals surface area contributed by atoms with Crippen LogP contribution in [0.4, 0.5) is 0 Å². The minimum absolute atomic E-state index is 0.0197. The Balaban J connectivity index is 2.22. The van der Waals surface area contributed by atoms with E-state index in [1.807, 2.05) is 39.0 Å². The van der Waals surface area contributed by atoms with Crippen molar-refractivity contribution >= 4 is 5.91 Å². The SMILES string of the molecule is CCNC(=O)CCNCC(O)COc1c(C)cccc1C. The van der Waals surface area contributed by atoms with E-state index in [1.165, 1.54) is 0 Å². The number of nitrogens with one attached hydrogen (secondary N) is 2. The van der Waals surface area contributed by atoms with E-state index in [9.17, 15) is 9.90 Å². The van der Waals surface area contributed by atoms with Gasteiger partial charge in [-0.1, -0.05) is 18.2 Å². The van der Waals surface area contributed by atoms with Crippen molar-refractivity contribution in [1.29, 1.82) is 0 Å². The van der Waals surface area contributed by atoms with E-state index in [-0.39, 0.29) is 12.5 Å². The van der Waals surface area contributed by atoms with Crippen LogP contribution in [0.5, 0.6) is 5.75 Å². The molecule has 21 heavy (non-hydrogen) atoms. The van der Waals surface area contributed by atoms with Gasteiger partial charge < -0.3 is 20.5 Å². The van der Waals surface area contributed by atoms with Crippen LogP contribution in [0.2, 0.25) is 0 Å². The molecule has 0 aliphatic rings. The molecule has 118 valence electrons. The van der Waals surface area contributed by atoms with Crippen molar-refractivity contribution in [2.75, 3.05) is 26.2 Å². The van der Waals surface area contributed by atoms with Crippen molar-refractivity contribution in [3.05, 3.63) is 29.3 Å². The first-order valence-electron chi connectivity index (χ1n) is 7.39. The number of hydrogen-bond acceptors (Lipinski definition) is 4. The topological polar surface area (TPSA) is 70.6 Å². The Bertz CT molecular complexity index is 429. The Kier molecular flexibility index (Phi) is 7.79. The number of carbonyl (C=O) groups is 1. The van der Waals surface area contributed by atoms with Crippen LogP contribution in [0.3, 0.4) is 0 Å². The molecule has 0 aliphatic heterocycles. The van der Waals surface area contributed by atoms with Crippen LogP contribution in [0.1, 0.15) is 24.5 Å². The first kappa shape index (κ1) is 17.5.